The van der Waals surface area contributed by atoms with Crippen LogP contribution in [0, 0.1) is 0 Å². The van der Waals surface area contributed by atoms with Crippen LogP contribution in [0.4, 0.5) is 10.5 Å². The van der Waals surface area contributed by atoms with Gasteiger partial charge in [0.15, 0.2) is 5.75 Å². The number of urea groups is 1. The van der Waals surface area contributed by atoms with Gasteiger partial charge in [0.1, 0.15) is 5.76 Å². The van der Waals surface area contributed by atoms with E-state index in [2.05, 4.69) is 5.32 Å². The standard InChI is InChI=1S/C18H24N2O4/c1-5-23-18(2)12-10-14(11-13-18)24-16-9-7-6-8-15(16)19-17(21)20(3)22-4/h6-12H,5,13H2,1-4H3,(H,19,21). The van der Waals surface area contributed by atoms with Crippen molar-refractivity contribution in [2.45, 2.75) is 25.9 Å². The summed E-state index contributed by atoms with van der Waals surface area (Å²) < 4.78 is 11.6. The van der Waals surface area contributed by atoms with Crippen LogP contribution in [0.2, 0.25) is 0 Å². The summed E-state index contributed by atoms with van der Waals surface area (Å²) in [4.78, 5) is 16.8. The molecule has 0 radical (unpaired) electrons. The van der Waals surface area contributed by atoms with E-state index in [0.717, 1.165) is 11.5 Å². The molecule has 2 amide bonds. The smallest absolute Gasteiger partial charge is 0.345 e. The first-order valence-corrected chi connectivity index (χ1v) is 7.86. The van der Waals surface area contributed by atoms with Gasteiger partial charge in [-0.05, 0) is 44.2 Å². The largest absolute Gasteiger partial charge is 0.456 e. The van der Waals surface area contributed by atoms with Gasteiger partial charge in [-0.25, -0.2) is 9.86 Å². The summed E-state index contributed by atoms with van der Waals surface area (Å²) >= 11 is 0. The summed E-state index contributed by atoms with van der Waals surface area (Å²) in [6, 6.07) is 6.86. The molecule has 0 aliphatic heterocycles. The topological polar surface area (TPSA) is 60.0 Å². The monoisotopic (exact) mass is 332 g/mol. The Hall–Kier alpha value is -2.31. The highest BCUT2D eigenvalue weighted by Gasteiger charge is 2.23. The highest BCUT2D eigenvalue weighted by Crippen LogP contribution is 2.30. The van der Waals surface area contributed by atoms with Crippen LogP contribution in [0.15, 0.2) is 48.3 Å². The van der Waals surface area contributed by atoms with Crippen molar-refractivity contribution in [1.29, 1.82) is 0 Å². The van der Waals surface area contributed by atoms with Crippen molar-refractivity contribution in [3.05, 3.63) is 48.3 Å². The maximum absolute atomic E-state index is 11.9. The van der Waals surface area contributed by atoms with Crippen molar-refractivity contribution in [3.63, 3.8) is 0 Å². The van der Waals surface area contributed by atoms with E-state index in [9.17, 15) is 4.79 Å². The maximum Gasteiger partial charge on any atom is 0.345 e. The minimum Gasteiger partial charge on any atom is -0.456 e. The summed E-state index contributed by atoms with van der Waals surface area (Å²) in [6.07, 6.45) is 6.59. The number of para-hydroxylation sites is 2. The van der Waals surface area contributed by atoms with Crippen molar-refractivity contribution >= 4 is 11.7 Å². The highest BCUT2D eigenvalue weighted by molar-refractivity contribution is 5.90. The number of anilines is 1. The van der Waals surface area contributed by atoms with Crippen molar-refractivity contribution < 1.29 is 19.1 Å². The molecule has 0 aromatic heterocycles. The predicted octanol–water partition coefficient (Wildman–Crippen LogP) is 3.73. The second kappa shape index (κ2) is 7.99. The average molecular weight is 332 g/mol. The summed E-state index contributed by atoms with van der Waals surface area (Å²) in [5.41, 5.74) is 0.273. The second-order valence-corrected chi connectivity index (χ2v) is 5.60. The van der Waals surface area contributed by atoms with E-state index in [1.165, 1.54) is 14.2 Å². The number of allylic oxidation sites excluding steroid dienone is 1. The van der Waals surface area contributed by atoms with E-state index in [4.69, 9.17) is 14.3 Å². The molecule has 1 aliphatic rings. The zero-order chi connectivity index (χ0) is 17.6. The number of amides is 2. The van der Waals surface area contributed by atoms with Crippen molar-refractivity contribution in [3.8, 4) is 5.75 Å². The van der Waals surface area contributed by atoms with E-state index in [1.807, 2.05) is 44.2 Å². The van der Waals surface area contributed by atoms with Gasteiger partial charge in [0.05, 0.1) is 18.4 Å². The summed E-state index contributed by atoms with van der Waals surface area (Å²) in [5, 5.41) is 3.85. The lowest BCUT2D eigenvalue weighted by molar-refractivity contribution is -0.0598. The molecule has 1 aromatic carbocycles. The molecule has 1 aliphatic carbocycles. The molecule has 2 rings (SSSR count). The molecule has 0 bridgehead atoms. The van der Waals surface area contributed by atoms with Gasteiger partial charge >= 0.3 is 6.03 Å². The van der Waals surface area contributed by atoms with Crippen LogP contribution in [0.3, 0.4) is 0 Å². The van der Waals surface area contributed by atoms with E-state index in [0.29, 0.717) is 23.8 Å². The number of hydrogen-bond donors (Lipinski definition) is 1. The van der Waals surface area contributed by atoms with E-state index >= 15 is 0 Å². The molecular weight excluding hydrogens is 308 g/mol. The molecule has 1 atom stereocenters. The van der Waals surface area contributed by atoms with Crippen LogP contribution in [0.25, 0.3) is 0 Å². The number of rotatable bonds is 6. The second-order valence-electron chi connectivity index (χ2n) is 5.60. The Morgan fingerprint density at radius 3 is 2.75 bits per heavy atom. The Bertz CT molecular complexity index is 642. The Kier molecular flexibility index (Phi) is 6.00. The average Bonchev–Trinajstić information content (AvgIpc) is 2.58. The van der Waals surface area contributed by atoms with Crippen molar-refractivity contribution in [1.82, 2.24) is 5.06 Å². The number of nitrogens with one attached hydrogen (secondary N) is 1. The lowest BCUT2D eigenvalue weighted by Crippen LogP contribution is -2.30. The van der Waals surface area contributed by atoms with E-state index in [1.54, 1.807) is 12.1 Å². The fourth-order valence-corrected chi connectivity index (χ4v) is 2.27. The molecule has 6 heteroatoms. The molecule has 1 unspecified atom stereocenters. The van der Waals surface area contributed by atoms with Gasteiger partial charge < -0.3 is 14.8 Å². The third-order valence-corrected chi connectivity index (χ3v) is 3.70. The molecule has 6 nitrogen and oxygen atoms in total. The molecule has 24 heavy (non-hydrogen) atoms. The fraction of sp³-hybridized carbons (Fsp3) is 0.389. The molecule has 130 valence electrons. The predicted molar refractivity (Wildman–Crippen MR) is 92.7 cm³/mol. The van der Waals surface area contributed by atoms with Gasteiger partial charge in [-0.2, -0.15) is 0 Å². The van der Waals surface area contributed by atoms with Crippen molar-refractivity contribution in [2.24, 2.45) is 0 Å². The molecule has 0 saturated heterocycles. The van der Waals surface area contributed by atoms with Crippen molar-refractivity contribution in [2.75, 3.05) is 26.1 Å². The zero-order valence-corrected chi connectivity index (χ0v) is 14.5. The van der Waals surface area contributed by atoms with Crippen LogP contribution in [-0.4, -0.2) is 37.5 Å². The quantitative estimate of drug-likeness (QED) is 0.806. The van der Waals surface area contributed by atoms with Gasteiger partial charge in [0.2, 0.25) is 0 Å². The summed E-state index contributed by atoms with van der Waals surface area (Å²) in [5.74, 6) is 1.28. The number of carbonyl (C=O) groups is 1. The minimum absolute atomic E-state index is 0.295. The normalized spacial score (nSPS) is 19.6. The van der Waals surface area contributed by atoms with E-state index in [-0.39, 0.29) is 11.6 Å². The van der Waals surface area contributed by atoms with Gasteiger partial charge in [-0.15, -0.1) is 0 Å². The molecule has 0 heterocycles. The van der Waals surface area contributed by atoms with Crippen LogP contribution >= 0.6 is 0 Å². The van der Waals surface area contributed by atoms with Gasteiger partial charge in [0, 0.05) is 20.1 Å². The molecule has 1 N–H and O–H groups in total. The Morgan fingerprint density at radius 1 is 1.38 bits per heavy atom. The molecule has 1 aromatic rings. The molecule has 0 saturated carbocycles. The van der Waals surface area contributed by atoms with Gasteiger partial charge in [-0.3, -0.25) is 4.84 Å². The lowest BCUT2D eigenvalue weighted by atomic mass is 9.97. The highest BCUT2D eigenvalue weighted by atomic mass is 16.7. The molecule has 0 fully saturated rings. The first kappa shape index (κ1) is 18.0. The third kappa shape index (κ3) is 4.59. The number of hydroxylamine groups is 2. The lowest BCUT2D eigenvalue weighted by Gasteiger charge is -2.27. The number of ether oxygens (including phenoxy) is 2. The van der Waals surface area contributed by atoms with Crippen LogP contribution < -0.4 is 10.1 Å². The number of hydrogen-bond acceptors (Lipinski definition) is 4. The fourth-order valence-electron chi connectivity index (χ4n) is 2.27. The summed E-state index contributed by atoms with van der Waals surface area (Å²) in [6.45, 7) is 4.67. The zero-order valence-electron chi connectivity index (χ0n) is 14.5. The Morgan fingerprint density at radius 2 is 2.12 bits per heavy atom. The SMILES string of the molecule is CCOC1(C)C=CC(Oc2ccccc2NC(=O)N(C)OC)=CC1. The van der Waals surface area contributed by atoms with Crippen LogP contribution in [0.5, 0.6) is 5.75 Å². The number of carbonyl (C=O) groups excluding carboxylic acids is 1. The first-order chi connectivity index (χ1) is 11.5. The minimum atomic E-state index is -0.384. The molecule has 0 spiro atoms. The van der Waals surface area contributed by atoms with Crippen LogP contribution in [0.1, 0.15) is 20.3 Å². The first-order valence-electron chi connectivity index (χ1n) is 7.86. The number of nitrogens with zero attached hydrogens (tertiary/aromatic N) is 1. The van der Waals surface area contributed by atoms with Gasteiger partial charge in [-0.1, -0.05) is 12.1 Å². The molecular formula is C18H24N2O4. The van der Waals surface area contributed by atoms with Crippen LogP contribution in [-0.2, 0) is 9.57 Å². The van der Waals surface area contributed by atoms with Gasteiger partial charge in [0.25, 0.3) is 0 Å². The van der Waals surface area contributed by atoms with E-state index < -0.39 is 0 Å². The summed E-state index contributed by atoms with van der Waals surface area (Å²) in [7, 11) is 2.95. The third-order valence-electron chi connectivity index (χ3n) is 3.70. The Labute approximate surface area is 142 Å². The maximum atomic E-state index is 11.9. The number of benzene rings is 1. The Balaban J connectivity index is 2.08.